The van der Waals surface area contributed by atoms with Crippen molar-refractivity contribution in [3.63, 3.8) is 0 Å². The monoisotopic (exact) mass is 412 g/mol. The zero-order valence-corrected chi connectivity index (χ0v) is 18.8. The molecular weight excluding hydrogens is 380 g/mol. The Morgan fingerprint density at radius 2 is 1.55 bits per heavy atom. The van der Waals surface area contributed by atoms with Crippen molar-refractivity contribution in [1.82, 2.24) is 0 Å². The maximum absolute atomic E-state index is 12.0. The van der Waals surface area contributed by atoms with E-state index in [2.05, 4.69) is 69.3 Å². The first-order valence-electron chi connectivity index (χ1n) is 10.4. The Morgan fingerprint density at radius 1 is 1.03 bits per heavy atom. The van der Waals surface area contributed by atoms with Crippen LogP contribution in [0.1, 0.15) is 40.5 Å². The van der Waals surface area contributed by atoms with Crippen LogP contribution in [0.4, 0.5) is 0 Å². The smallest absolute Gasteiger partial charge is 0.311 e. The molecule has 1 heterocycles. The van der Waals surface area contributed by atoms with Gasteiger partial charge in [-0.05, 0) is 22.3 Å². The molecule has 0 aromatic heterocycles. The van der Waals surface area contributed by atoms with Crippen LogP contribution in [0.25, 0.3) is 0 Å². The SMILES string of the molecule is C[C@@H]1C(=O)O[C@H](CCO[Si](c2ccccc2)(c2ccccc2)C(C)(C)C)C[C@H]1O. The number of carbonyl (C=O) groups excluding carboxylic acids is 1. The van der Waals surface area contributed by atoms with Gasteiger partial charge in [0.2, 0.25) is 0 Å². The predicted octanol–water partition coefficient (Wildman–Crippen LogP) is 3.27. The molecule has 29 heavy (non-hydrogen) atoms. The number of carbonyl (C=O) groups is 1. The molecule has 1 fully saturated rings. The van der Waals surface area contributed by atoms with Crippen LogP contribution in [0.15, 0.2) is 60.7 Å². The molecule has 0 spiro atoms. The Bertz CT molecular complexity index is 761. The van der Waals surface area contributed by atoms with Crippen molar-refractivity contribution < 1.29 is 19.1 Å². The predicted molar refractivity (Wildman–Crippen MR) is 118 cm³/mol. The summed E-state index contributed by atoms with van der Waals surface area (Å²) in [5, 5.41) is 12.5. The van der Waals surface area contributed by atoms with Gasteiger partial charge in [-0.3, -0.25) is 4.79 Å². The second-order valence-electron chi connectivity index (χ2n) is 8.95. The molecule has 1 saturated heterocycles. The highest BCUT2D eigenvalue weighted by Crippen LogP contribution is 2.37. The molecule has 0 saturated carbocycles. The molecule has 1 aliphatic rings. The molecule has 1 N–H and O–H groups in total. The first kappa shape index (κ1) is 21.7. The third-order valence-corrected chi connectivity index (χ3v) is 11.0. The normalized spacial score (nSPS) is 22.9. The van der Waals surface area contributed by atoms with E-state index in [1.165, 1.54) is 10.4 Å². The Kier molecular flexibility index (Phi) is 6.61. The van der Waals surface area contributed by atoms with Crippen LogP contribution < -0.4 is 10.4 Å². The third-order valence-electron chi connectivity index (χ3n) is 5.91. The fourth-order valence-electron chi connectivity index (χ4n) is 4.23. The van der Waals surface area contributed by atoms with Gasteiger partial charge in [0, 0.05) is 19.4 Å². The minimum absolute atomic E-state index is 0.0903. The van der Waals surface area contributed by atoms with Gasteiger partial charge >= 0.3 is 5.97 Å². The van der Waals surface area contributed by atoms with Crippen molar-refractivity contribution in [2.45, 2.75) is 57.8 Å². The van der Waals surface area contributed by atoms with Gasteiger partial charge in [0.05, 0.1) is 12.0 Å². The summed E-state index contributed by atoms with van der Waals surface area (Å²) >= 11 is 0. The minimum atomic E-state index is -2.58. The topological polar surface area (TPSA) is 55.8 Å². The van der Waals surface area contributed by atoms with Crippen LogP contribution >= 0.6 is 0 Å². The maximum Gasteiger partial charge on any atom is 0.311 e. The van der Waals surface area contributed by atoms with Crippen LogP contribution in [0.3, 0.4) is 0 Å². The number of esters is 1. The average molecular weight is 413 g/mol. The zero-order valence-electron chi connectivity index (χ0n) is 17.8. The van der Waals surface area contributed by atoms with Crippen molar-refractivity contribution in [3.05, 3.63) is 60.7 Å². The molecule has 1 aliphatic heterocycles. The Morgan fingerprint density at radius 3 is 2.00 bits per heavy atom. The number of hydrogen-bond donors (Lipinski definition) is 1. The maximum atomic E-state index is 12.0. The molecule has 0 amide bonds. The quantitative estimate of drug-likeness (QED) is 0.584. The molecule has 0 aliphatic carbocycles. The van der Waals surface area contributed by atoms with Crippen molar-refractivity contribution in [2.75, 3.05) is 6.61 Å². The molecule has 0 bridgehead atoms. The Balaban J connectivity index is 1.87. The molecule has 0 unspecified atom stereocenters. The minimum Gasteiger partial charge on any atom is -0.462 e. The summed E-state index contributed by atoms with van der Waals surface area (Å²) in [6.45, 7) is 8.91. The summed E-state index contributed by atoms with van der Waals surface area (Å²) in [4.78, 5) is 12.0. The highest BCUT2D eigenvalue weighted by molar-refractivity contribution is 6.99. The first-order valence-corrected chi connectivity index (χ1v) is 12.3. The number of aliphatic hydroxyl groups is 1. The average Bonchev–Trinajstić information content (AvgIpc) is 2.70. The van der Waals surface area contributed by atoms with Gasteiger partial charge in [-0.1, -0.05) is 81.4 Å². The lowest BCUT2D eigenvalue weighted by atomic mass is 9.95. The molecule has 0 radical (unpaired) electrons. The lowest BCUT2D eigenvalue weighted by Crippen LogP contribution is -2.66. The lowest BCUT2D eigenvalue weighted by Gasteiger charge is -2.43. The number of benzene rings is 2. The Hall–Kier alpha value is -1.95. The van der Waals surface area contributed by atoms with E-state index in [0.717, 1.165) is 0 Å². The number of rotatable bonds is 6. The highest BCUT2D eigenvalue weighted by Gasteiger charge is 2.50. The standard InChI is InChI=1S/C24H32O4Si/c1-18-22(25)17-19(28-23(18)26)15-16-27-29(24(2,3)4,20-11-7-5-8-12-20)21-13-9-6-10-14-21/h5-14,18-19,22,25H,15-17H2,1-4H3/t18-,19+,22+/m0/s1. The van der Waals surface area contributed by atoms with Crippen LogP contribution in [-0.4, -0.2) is 38.2 Å². The number of hydrogen-bond acceptors (Lipinski definition) is 4. The zero-order chi connectivity index (χ0) is 21.1. The molecule has 3 rings (SSSR count). The number of aliphatic hydroxyl groups excluding tert-OH is 1. The number of ether oxygens (including phenoxy) is 1. The van der Waals surface area contributed by atoms with E-state index in [-0.39, 0.29) is 17.1 Å². The van der Waals surface area contributed by atoms with E-state index in [4.69, 9.17) is 9.16 Å². The van der Waals surface area contributed by atoms with Crippen molar-refractivity contribution in [1.29, 1.82) is 0 Å². The fraction of sp³-hybridized carbons (Fsp3) is 0.458. The van der Waals surface area contributed by atoms with Crippen LogP contribution in [0, 0.1) is 5.92 Å². The van der Waals surface area contributed by atoms with Crippen LogP contribution in [-0.2, 0) is 14.0 Å². The van der Waals surface area contributed by atoms with Gasteiger partial charge in [0.1, 0.15) is 6.10 Å². The summed E-state index contributed by atoms with van der Waals surface area (Å²) in [7, 11) is -2.58. The molecular formula is C24H32O4Si. The molecule has 2 aromatic carbocycles. The largest absolute Gasteiger partial charge is 0.462 e. The first-order chi connectivity index (χ1) is 13.8. The van der Waals surface area contributed by atoms with E-state index in [1.54, 1.807) is 6.92 Å². The van der Waals surface area contributed by atoms with E-state index >= 15 is 0 Å². The van der Waals surface area contributed by atoms with Crippen molar-refractivity contribution in [3.8, 4) is 0 Å². The fourth-order valence-corrected chi connectivity index (χ4v) is 8.81. The highest BCUT2D eigenvalue weighted by atomic mass is 28.4. The van der Waals surface area contributed by atoms with Crippen LogP contribution in [0.5, 0.6) is 0 Å². The van der Waals surface area contributed by atoms with E-state index < -0.39 is 20.3 Å². The van der Waals surface area contributed by atoms with Gasteiger partial charge in [0.15, 0.2) is 0 Å². The number of cyclic esters (lactones) is 1. The molecule has 156 valence electrons. The van der Waals surface area contributed by atoms with Gasteiger partial charge in [0.25, 0.3) is 8.32 Å². The van der Waals surface area contributed by atoms with Crippen LogP contribution in [0.2, 0.25) is 5.04 Å². The molecule has 5 heteroatoms. The summed E-state index contributed by atoms with van der Waals surface area (Å²) in [5.41, 5.74) is 0. The summed E-state index contributed by atoms with van der Waals surface area (Å²) in [5.74, 6) is -0.775. The van der Waals surface area contributed by atoms with E-state index in [9.17, 15) is 9.90 Å². The van der Waals surface area contributed by atoms with Gasteiger partial charge in [-0.2, -0.15) is 0 Å². The third kappa shape index (κ3) is 4.47. The van der Waals surface area contributed by atoms with Crippen molar-refractivity contribution in [2.24, 2.45) is 5.92 Å². The molecule has 2 aromatic rings. The van der Waals surface area contributed by atoms with E-state index in [1.807, 2.05) is 12.1 Å². The summed E-state index contributed by atoms with van der Waals surface area (Å²) in [6, 6.07) is 21.0. The second-order valence-corrected chi connectivity index (χ2v) is 13.3. The van der Waals surface area contributed by atoms with Gasteiger partial charge < -0.3 is 14.3 Å². The lowest BCUT2D eigenvalue weighted by molar-refractivity contribution is -0.169. The molecule has 3 atom stereocenters. The van der Waals surface area contributed by atoms with Crippen molar-refractivity contribution >= 4 is 24.7 Å². The summed E-state index contributed by atoms with van der Waals surface area (Å²) < 4.78 is 12.3. The Labute approximate surface area is 175 Å². The second kappa shape index (κ2) is 8.82. The molecule has 4 nitrogen and oxygen atoms in total. The van der Waals surface area contributed by atoms with Gasteiger partial charge in [-0.25, -0.2) is 0 Å². The summed E-state index contributed by atoms with van der Waals surface area (Å²) in [6.07, 6.45) is 0.109. The van der Waals surface area contributed by atoms with Gasteiger partial charge in [-0.15, -0.1) is 0 Å². The van der Waals surface area contributed by atoms with E-state index in [0.29, 0.717) is 19.4 Å².